The molecule has 0 heterocycles. The highest BCUT2D eigenvalue weighted by Crippen LogP contribution is 2.01. The summed E-state index contributed by atoms with van der Waals surface area (Å²) in [5.41, 5.74) is 0. The molecule has 1 atom stereocenters. The molecule has 0 aromatic carbocycles. The molecule has 1 unspecified atom stereocenters. The zero-order valence-electron chi connectivity index (χ0n) is 6.59. The Labute approximate surface area is 61.9 Å². The van der Waals surface area contributed by atoms with Gasteiger partial charge < -0.3 is 4.74 Å². The first-order chi connectivity index (χ1) is 4.66. The van der Waals surface area contributed by atoms with E-state index in [2.05, 4.69) is 6.58 Å². The van der Waals surface area contributed by atoms with E-state index in [9.17, 15) is 4.79 Å². The van der Waals surface area contributed by atoms with E-state index in [1.54, 1.807) is 0 Å². The van der Waals surface area contributed by atoms with Gasteiger partial charge in [0.15, 0.2) is 0 Å². The van der Waals surface area contributed by atoms with E-state index >= 15 is 0 Å². The van der Waals surface area contributed by atoms with Crippen LogP contribution in [0.25, 0.3) is 0 Å². The first kappa shape index (κ1) is 9.21. The molecule has 0 spiro atoms. The topological polar surface area (TPSA) is 26.3 Å². The minimum absolute atomic E-state index is 0.0236. The van der Waals surface area contributed by atoms with Crippen LogP contribution in [0.5, 0.6) is 0 Å². The van der Waals surface area contributed by atoms with Gasteiger partial charge in [-0.3, -0.25) is 4.79 Å². The summed E-state index contributed by atoms with van der Waals surface area (Å²) in [6, 6.07) is 0. The fraction of sp³-hybridized carbons (Fsp3) is 0.625. The van der Waals surface area contributed by atoms with Crippen LogP contribution in [0.1, 0.15) is 26.7 Å². The van der Waals surface area contributed by atoms with Crippen molar-refractivity contribution in [1.82, 2.24) is 0 Å². The van der Waals surface area contributed by atoms with E-state index in [1.807, 2.05) is 13.0 Å². The van der Waals surface area contributed by atoms with Gasteiger partial charge >= 0.3 is 5.97 Å². The summed E-state index contributed by atoms with van der Waals surface area (Å²) < 4.78 is 4.87. The molecule has 0 saturated heterocycles. The number of hydrogen-bond donors (Lipinski definition) is 0. The lowest BCUT2D eigenvalue weighted by molar-refractivity contribution is -0.145. The van der Waals surface area contributed by atoms with Crippen molar-refractivity contribution in [2.75, 3.05) is 0 Å². The lowest BCUT2D eigenvalue weighted by Gasteiger charge is -2.09. The van der Waals surface area contributed by atoms with Crippen molar-refractivity contribution in [3.63, 3.8) is 0 Å². The number of allylic oxidation sites excluding steroid dienone is 1. The van der Waals surface area contributed by atoms with E-state index in [4.69, 9.17) is 4.74 Å². The number of rotatable bonds is 4. The van der Waals surface area contributed by atoms with Gasteiger partial charge in [0.25, 0.3) is 0 Å². The number of esters is 1. The third-order valence-corrected chi connectivity index (χ3v) is 1.14. The second kappa shape index (κ2) is 5.03. The van der Waals surface area contributed by atoms with Crippen LogP contribution in [0, 0.1) is 0 Å². The lowest BCUT2D eigenvalue weighted by atomic mass is 10.2. The van der Waals surface area contributed by atoms with Gasteiger partial charge in [0.05, 0.1) is 6.10 Å². The van der Waals surface area contributed by atoms with Crippen LogP contribution in [0.4, 0.5) is 0 Å². The van der Waals surface area contributed by atoms with Gasteiger partial charge in [-0.1, -0.05) is 6.08 Å². The van der Waals surface area contributed by atoms with Crippen LogP contribution in [0.15, 0.2) is 12.7 Å². The number of carbonyl (C=O) groups is 1. The molecule has 0 fully saturated rings. The molecule has 0 saturated carbocycles. The van der Waals surface area contributed by atoms with Gasteiger partial charge in [-0.05, 0) is 19.8 Å². The average Bonchev–Trinajstić information content (AvgIpc) is 1.82. The Morgan fingerprint density at radius 1 is 1.80 bits per heavy atom. The second-order valence-corrected chi connectivity index (χ2v) is 2.29. The van der Waals surface area contributed by atoms with Crippen LogP contribution in [-0.4, -0.2) is 12.1 Å². The third kappa shape index (κ3) is 5.35. The van der Waals surface area contributed by atoms with Gasteiger partial charge in [-0.2, -0.15) is 0 Å². The van der Waals surface area contributed by atoms with Gasteiger partial charge in [-0.25, -0.2) is 0 Å². The summed E-state index contributed by atoms with van der Waals surface area (Å²) in [6.45, 7) is 6.87. The molecule has 0 radical (unpaired) electrons. The van der Waals surface area contributed by atoms with E-state index in [1.165, 1.54) is 6.92 Å². The molecule has 0 aliphatic rings. The Balaban J connectivity index is 3.33. The van der Waals surface area contributed by atoms with Gasteiger partial charge in [-0.15, -0.1) is 6.58 Å². The van der Waals surface area contributed by atoms with E-state index in [0.29, 0.717) is 0 Å². The minimum atomic E-state index is -0.212. The molecule has 0 aromatic heterocycles. The Morgan fingerprint density at radius 3 is 2.80 bits per heavy atom. The maximum Gasteiger partial charge on any atom is 0.302 e. The maximum absolute atomic E-state index is 10.4. The first-order valence-corrected chi connectivity index (χ1v) is 3.45. The number of carbonyl (C=O) groups excluding carboxylic acids is 1. The van der Waals surface area contributed by atoms with Crippen molar-refractivity contribution in [1.29, 1.82) is 0 Å². The molecular formula is C8H14O2. The highest BCUT2D eigenvalue weighted by atomic mass is 16.5. The number of hydrogen-bond acceptors (Lipinski definition) is 2. The molecule has 2 nitrogen and oxygen atoms in total. The van der Waals surface area contributed by atoms with Gasteiger partial charge in [0.2, 0.25) is 0 Å². The van der Waals surface area contributed by atoms with Crippen molar-refractivity contribution in [2.24, 2.45) is 0 Å². The average molecular weight is 142 g/mol. The Morgan fingerprint density at radius 2 is 2.40 bits per heavy atom. The van der Waals surface area contributed by atoms with Crippen molar-refractivity contribution < 1.29 is 9.53 Å². The third-order valence-electron chi connectivity index (χ3n) is 1.14. The maximum atomic E-state index is 10.4. The molecule has 0 N–H and O–H groups in total. The molecule has 0 aromatic rings. The van der Waals surface area contributed by atoms with Gasteiger partial charge in [0, 0.05) is 6.92 Å². The number of ether oxygens (including phenoxy) is 1. The van der Waals surface area contributed by atoms with Crippen molar-refractivity contribution in [3.8, 4) is 0 Å². The Kier molecular flexibility index (Phi) is 4.63. The van der Waals surface area contributed by atoms with Crippen molar-refractivity contribution >= 4 is 5.97 Å². The van der Waals surface area contributed by atoms with E-state index in [0.717, 1.165) is 12.8 Å². The summed E-state index contributed by atoms with van der Waals surface area (Å²) in [7, 11) is 0. The van der Waals surface area contributed by atoms with Crippen LogP contribution in [0.3, 0.4) is 0 Å². The summed E-state index contributed by atoms with van der Waals surface area (Å²) >= 11 is 0. The zero-order chi connectivity index (χ0) is 7.98. The van der Waals surface area contributed by atoms with E-state index < -0.39 is 0 Å². The van der Waals surface area contributed by atoms with Crippen LogP contribution < -0.4 is 0 Å². The van der Waals surface area contributed by atoms with Crippen molar-refractivity contribution in [2.45, 2.75) is 32.8 Å². The molecule has 0 rings (SSSR count). The predicted octanol–water partition coefficient (Wildman–Crippen LogP) is 1.90. The second-order valence-electron chi connectivity index (χ2n) is 2.29. The summed E-state index contributed by atoms with van der Waals surface area (Å²) in [5, 5.41) is 0. The standard InChI is InChI=1S/C8H14O2/c1-4-5-6-7(2)10-8(3)9/h4,7H,1,5-6H2,2-3H3. The molecule has 58 valence electrons. The lowest BCUT2D eigenvalue weighted by Crippen LogP contribution is -2.11. The first-order valence-electron chi connectivity index (χ1n) is 3.45. The molecule has 10 heavy (non-hydrogen) atoms. The predicted molar refractivity (Wildman–Crippen MR) is 40.7 cm³/mol. The fourth-order valence-corrected chi connectivity index (χ4v) is 0.695. The van der Waals surface area contributed by atoms with Gasteiger partial charge in [0.1, 0.15) is 0 Å². The summed E-state index contributed by atoms with van der Waals surface area (Å²) in [5.74, 6) is -0.212. The molecule has 0 bridgehead atoms. The highest BCUT2D eigenvalue weighted by molar-refractivity contribution is 5.66. The van der Waals surface area contributed by atoms with Crippen LogP contribution >= 0.6 is 0 Å². The SMILES string of the molecule is C=CCCC(C)OC(C)=O. The summed E-state index contributed by atoms with van der Waals surface area (Å²) in [4.78, 5) is 10.4. The Hall–Kier alpha value is -0.790. The van der Waals surface area contributed by atoms with Crippen molar-refractivity contribution in [3.05, 3.63) is 12.7 Å². The molecule has 0 aliphatic heterocycles. The van der Waals surface area contributed by atoms with Crippen LogP contribution in [0.2, 0.25) is 0 Å². The molecule has 0 amide bonds. The van der Waals surface area contributed by atoms with E-state index in [-0.39, 0.29) is 12.1 Å². The summed E-state index contributed by atoms with van der Waals surface area (Å²) in [6.07, 6.45) is 3.60. The normalized spacial score (nSPS) is 12.2. The minimum Gasteiger partial charge on any atom is -0.463 e. The molecular weight excluding hydrogens is 128 g/mol. The largest absolute Gasteiger partial charge is 0.463 e. The molecule has 0 aliphatic carbocycles. The zero-order valence-corrected chi connectivity index (χ0v) is 6.59. The highest BCUT2D eigenvalue weighted by Gasteiger charge is 2.02. The smallest absolute Gasteiger partial charge is 0.302 e. The quantitative estimate of drug-likeness (QED) is 0.442. The molecule has 2 heteroatoms. The van der Waals surface area contributed by atoms with Crippen LogP contribution in [-0.2, 0) is 9.53 Å². The Bertz CT molecular complexity index is 118. The fourth-order valence-electron chi connectivity index (χ4n) is 0.695. The monoisotopic (exact) mass is 142 g/mol.